The third kappa shape index (κ3) is 4.26. The number of ether oxygens (including phenoxy) is 2. The fourth-order valence-electron chi connectivity index (χ4n) is 2.03. The summed E-state index contributed by atoms with van der Waals surface area (Å²) in [4.78, 5) is 13.8. The van der Waals surface area contributed by atoms with Crippen LogP contribution in [0.25, 0.3) is 0 Å². The second-order valence-corrected chi connectivity index (χ2v) is 4.66. The van der Waals surface area contributed by atoms with Gasteiger partial charge in [0.2, 0.25) is 5.91 Å². The largest absolute Gasteiger partial charge is 0.379 e. The molecule has 0 aliphatic carbocycles. The Labute approximate surface area is 103 Å². The highest BCUT2D eigenvalue weighted by Crippen LogP contribution is 2.19. The highest BCUT2D eigenvalue weighted by Gasteiger charge is 2.31. The van der Waals surface area contributed by atoms with E-state index in [1.54, 1.807) is 0 Å². The molecule has 1 aliphatic rings. The highest BCUT2D eigenvalue weighted by atomic mass is 16.5. The van der Waals surface area contributed by atoms with Gasteiger partial charge in [-0.15, -0.1) is 0 Å². The van der Waals surface area contributed by atoms with Crippen molar-refractivity contribution in [2.45, 2.75) is 25.8 Å². The van der Waals surface area contributed by atoms with E-state index in [9.17, 15) is 4.79 Å². The van der Waals surface area contributed by atoms with Crippen molar-refractivity contribution in [3.63, 3.8) is 0 Å². The van der Waals surface area contributed by atoms with Gasteiger partial charge >= 0.3 is 0 Å². The van der Waals surface area contributed by atoms with E-state index in [1.165, 1.54) is 7.11 Å². The van der Waals surface area contributed by atoms with Crippen LogP contribution in [0.4, 0.5) is 0 Å². The van der Waals surface area contributed by atoms with E-state index in [4.69, 9.17) is 9.47 Å². The van der Waals surface area contributed by atoms with Crippen LogP contribution in [0.2, 0.25) is 0 Å². The maximum absolute atomic E-state index is 11.4. The first-order chi connectivity index (χ1) is 8.12. The molecule has 1 atom stereocenters. The fraction of sp³-hybridized carbons (Fsp3) is 0.917. The van der Waals surface area contributed by atoms with Gasteiger partial charge in [-0.3, -0.25) is 9.69 Å². The molecule has 0 aromatic carbocycles. The average Bonchev–Trinajstić information content (AvgIpc) is 2.37. The normalized spacial score (nSPS) is 20.9. The predicted molar refractivity (Wildman–Crippen MR) is 66.0 cm³/mol. The molecular weight excluding hydrogens is 220 g/mol. The maximum atomic E-state index is 11.4. The van der Waals surface area contributed by atoms with E-state index >= 15 is 0 Å². The van der Waals surface area contributed by atoms with Crippen molar-refractivity contribution in [2.24, 2.45) is 0 Å². The van der Waals surface area contributed by atoms with Crippen LogP contribution in [0, 0.1) is 0 Å². The van der Waals surface area contributed by atoms with Crippen molar-refractivity contribution >= 4 is 5.91 Å². The third-order valence-electron chi connectivity index (χ3n) is 3.48. The van der Waals surface area contributed by atoms with Gasteiger partial charge in [-0.2, -0.15) is 0 Å². The summed E-state index contributed by atoms with van der Waals surface area (Å²) < 4.78 is 10.2. The number of hydrogen-bond donors (Lipinski definition) is 1. The third-order valence-corrected chi connectivity index (χ3v) is 3.48. The summed E-state index contributed by atoms with van der Waals surface area (Å²) in [5, 5.41) is 2.93. The second kappa shape index (κ2) is 6.93. The number of rotatable bonds is 6. The number of hydrogen-bond acceptors (Lipinski definition) is 4. The highest BCUT2D eigenvalue weighted by molar-refractivity contribution is 5.77. The van der Waals surface area contributed by atoms with Gasteiger partial charge in [0, 0.05) is 32.3 Å². The molecule has 0 spiro atoms. The molecular formula is C12H24N2O3. The number of amides is 1. The van der Waals surface area contributed by atoms with Gasteiger partial charge in [0.1, 0.15) is 6.61 Å². The summed E-state index contributed by atoms with van der Waals surface area (Å²) in [6.07, 6.45) is 1.00. The number of morpholine rings is 1. The standard InChI is InChI=1S/C12H24N2O3/c1-4-12(2,10-13-11(15)9-16-3)14-5-7-17-8-6-14/h4-10H2,1-3H3,(H,13,15)/t12-/m0/s1. The molecule has 1 rings (SSSR count). The minimum atomic E-state index is -0.0552. The Bertz CT molecular complexity index is 242. The van der Waals surface area contributed by atoms with Gasteiger partial charge in [0.15, 0.2) is 0 Å². The molecule has 1 saturated heterocycles. The quantitative estimate of drug-likeness (QED) is 0.727. The molecule has 0 aromatic heterocycles. The molecule has 100 valence electrons. The predicted octanol–water partition coefficient (Wildman–Crippen LogP) is 0.250. The van der Waals surface area contributed by atoms with Crippen LogP contribution < -0.4 is 5.32 Å². The van der Waals surface area contributed by atoms with E-state index in [-0.39, 0.29) is 18.1 Å². The molecule has 0 saturated carbocycles. The second-order valence-electron chi connectivity index (χ2n) is 4.66. The molecule has 0 radical (unpaired) electrons. The maximum Gasteiger partial charge on any atom is 0.246 e. The summed E-state index contributed by atoms with van der Waals surface area (Å²) in [6, 6.07) is 0. The molecule has 1 heterocycles. The first-order valence-corrected chi connectivity index (χ1v) is 6.21. The molecule has 1 amide bonds. The zero-order valence-electron chi connectivity index (χ0n) is 11.1. The Morgan fingerprint density at radius 3 is 2.65 bits per heavy atom. The smallest absolute Gasteiger partial charge is 0.246 e. The SMILES string of the molecule is CC[C@@](C)(CNC(=O)COC)N1CCOCC1. The first-order valence-electron chi connectivity index (χ1n) is 6.21. The number of nitrogens with one attached hydrogen (secondary N) is 1. The molecule has 1 aliphatic heterocycles. The van der Waals surface area contributed by atoms with E-state index in [0.717, 1.165) is 32.7 Å². The summed E-state index contributed by atoms with van der Waals surface area (Å²) in [6.45, 7) is 8.55. The van der Waals surface area contributed by atoms with Crippen LogP contribution >= 0.6 is 0 Å². The zero-order chi connectivity index (χ0) is 12.7. The van der Waals surface area contributed by atoms with Crippen LogP contribution in [0.5, 0.6) is 0 Å². The molecule has 17 heavy (non-hydrogen) atoms. The van der Waals surface area contributed by atoms with Crippen LogP contribution in [-0.4, -0.2) is 62.9 Å². The minimum absolute atomic E-state index is 0.00712. The Morgan fingerprint density at radius 2 is 2.12 bits per heavy atom. The average molecular weight is 244 g/mol. The van der Waals surface area contributed by atoms with Gasteiger partial charge < -0.3 is 14.8 Å². The lowest BCUT2D eigenvalue weighted by atomic mass is 9.95. The summed E-state index contributed by atoms with van der Waals surface area (Å²) in [5.41, 5.74) is 0.00712. The monoisotopic (exact) mass is 244 g/mol. The Hall–Kier alpha value is -0.650. The Balaban J connectivity index is 2.46. The number of carbonyl (C=O) groups excluding carboxylic acids is 1. The van der Waals surface area contributed by atoms with E-state index in [0.29, 0.717) is 6.54 Å². The Morgan fingerprint density at radius 1 is 1.47 bits per heavy atom. The van der Waals surface area contributed by atoms with Crippen LogP contribution in [-0.2, 0) is 14.3 Å². The lowest BCUT2D eigenvalue weighted by molar-refractivity contribution is -0.125. The molecule has 5 heteroatoms. The summed E-state index contributed by atoms with van der Waals surface area (Å²) in [7, 11) is 1.53. The van der Waals surface area contributed by atoms with Gasteiger partial charge in [-0.1, -0.05) is 6.92 Å². The van der Waals surface area contributed by atoms with Crippen LogP contribution in [0.3, 0.4) is 0 Å². The molecule has 0 unspecified atom stereocenters. The number of nitrogens with zero attached hydrogens (tertiary/aromatic N) is 1. The van der Waals surface area contributed by atoms with Crippen LogP contribution in [0.15, 0.2) is 0 Å². The molecule has 1 fully saturated rings. The lowest BCUT2D eigenvalue weighted by Crippen LogP contribution is -2.57. The van der Waals surface area contributed by atoms with Crippen molar-refractivity contribution < 1.29 is 14.3 Å². The van der Waals surface area contributed by atoms with Crippen molar-refractivity contribution in [1.29, 1.82) is 0 Å². The van der Waals surface area contributed by atoms with Gasteiger partial charge in [-0.05, 0) is 13.3 Å². The number of carbonyl (C=O) groups is 1. The molecule has 5 nitrogen and oxygen atoms in total. The van der Waals surface area contributed by atoms with Crippen molar-refractivity contribution in [3.8, 4) is 0 Å². The molecule has 0 bridgehead atoms. The van der Waals surface area contributed by atoms with Crippen molar-refractivity contribution in [2.75, 3.05) is 46.6 Å². The fourth-order valence-corrected chi connectivity index (χ4v) is 2.03. The lowest BCUT2D eigenvalue weighted by Gasteiger charge is -2.43. The van der Waals surface area contributed by atoms with Gasteiger partial charge in [-0.25, -0.2) is 0 Å². The topological polar surface area (TPSA) is 50.8 Å². The Kier molecular flexibility index (Phi) is 5.88. The minimum Gasteiger partial charge on any atom is -0.379 e. The van der Waals surface area contributed by atoms with Gasteiger partial charge in [0.05, 0.1) is 13.2 Å². The van der Waals surface area contributed by atoms with E-state index in [2.05, 4.69) is 24.1 Å². The summed E-state index contributed by atoms with van der Waals surface area (Å²) >= 11 is 0. The zero-order valence-corrected chi connectivity index (χ0v) is 11.1. The van der Waals surface area contributed by atoms with Crippen LogP contribution in [0.1, 0.15) is 20.3 Å². The van der Waals surface area contributed by atoms with E-state index in [1.807, 2.05) is 0 Å². The van der Waals surface area contributed by atoms with Crippen molar-refractivity contribution in [1.82, 2.24) is 10.2 Å². The first kappa shape index (κ1) is 14.4. The van der Waals surface area contributed by atoms with Crippen molar-refractivity contribution in [3.05, 3.63) is 0 Å². The van der Waals surface area contributed by atoms with Gasteiger partial charge in [0.25, 0.3) is 0 Å². The summed E-state index contributed by atoms with van der Waals surface area (Å²) in [5.74, 6) is -0.0552. The van der Waals surface area contributed by atoms with E-state index < -0.39 is 0 Å². The number of methoxy groups -OCH3 is 1. The molecule has 1 N–H and O–H groups in total. The molecule has 0 aromatic rings.